The van der Waals surface area contributed by atoms with E-state index in [1.165, 1.54) is 0 Å². The van der Waals surface area contributed by atoms with Crippen molar-refractivity contribution in [2.75, 3.05) is 6.61 Å². The molecule has 0 spiro atoms. The van der Waals surface area contributed by atoms with Crippen molar-refractivity contribution >= 4 is 17.5 Å². The zero-order chi connectivity index (χ0) is 13.4. The van der Waals surface area contributed by atoms with Crippen LogP contribution in [0.25, 0.3) is 0 Å². The van der Waals surface area contributed by atoms with Crippen molar-refractivity contribution in [3.05, 3.63) is 29.3 Å². The number of halogens is 1. The van der Waals surface area contributed by atoms with Gasteiger partial charge >= 0.3 is 0 Å². The van der Waals surface area contributed by atoms with E-state index in [4.69, 9.17) is 21.6 Å². The van der Waals surface area contributed by atoms with Gasteiger partial charge in [0.25, 0.3) is 5.91 Å². The molecule has 0 fully saturated rings. The molecular weight excluding hydrogens is 252 g/mol. The summed E-state index contributed by atoms with van der Waals surface area (Å²) >= 11 is 5.79. The number of ether oxygens (including phenoxy) is 1. The minimum atomic E-state index is -0.239. The van der Waals surface area contributed by atoms with Gasteiger partial charge in [0.1, 0.15) is 5.75 Å². The summed E-state index contributed by atoms with van der Waals surface area (Å²) in [5.41, 5.74) is 0. The van der Waals surface area contributed by atoms with E-state index in [0.717, 1.165) is 6.42 Å². The molecule has 1 aromatic carbocycles. The molecule has 5 heteroatoms. The van der Waals surface area contributed by atoms with Crippen LogP contribution in [0.2, 0.25) is 5.02 Å². The molecule has 1 amide bonds. The molecule has 0 aliphatic carbocycles. The zero-order valence-corrected chi connectivity index (χ0v) is 10.9. The fourth-order valence-electron chi connectivity index (χ4n) is 1.38. The average molecular weight is 267 g/mol. The van der Waals surface area contributed by atoms with Gasteiger partial charge in [0, 0.05) is 11.1 Å². The summed E-state index contributed by atoms with van der Waals surface area (Å²) in [6.45, 7) is 1.84. The Bertz CT molecular complexity index is 443. The molecule has 0 aliphatic heterocycles. The molecule has 1 atom stereocenters. The Balaban J connectivity index is 2.39. The molecule has 0 saturated heterocycles. The molecule has 1 N–H and O–H groups in total. The minimum Gasteiger partial charge on any atom is -0.484 e. The SMILES string of the molecule is CCC(CC#N)NC(=O)COc1cccc(Cl)c1. The zero-order valence-electron chi connectivity index (χ0n) is 10.1. The number of carbonyl (C=O) groups excluding carboxylic acids is 1. The van der Waals surface area contributed by atoms with Gasteiger partial charge in [-0.25, -0.2) is 0 Å². The molecule has 4 nitrogen and oxygen atoms in total. The highest BCUT2D eigenvalue weighted by atomic mass is 35.5. The van der Waals surface area contributed by atoms with E-state index < -0.39 is 0 Å². The van der Waals surface area contributed by atoms with Crippen LogP contribution < -0.4 is 10.1 Å². The topological polar surface area (TPSA) is 62.1 Å². The van der Waals surface area contributed by atoms with Crippen LogP contribution >= 0.6 is 11.6 Å². The monoisotopic (exact) mass is 266 g/mol. The molecule has 1 rings (SSSR count). The third kappa shape index (κ3) is 5.07. The van der Waals surface area contributed by atoms with Gasteiger partial charge in [-0.15, -0.1) is 0 Å². The number of nitrogens with one attached hydrogen (secondary N) is 1. The lowest BCUT2D eigenvalue weighted by atomic mass is 10.2. The predicted octanol–water partition coefficient (Wildman–Crippen LogP) is 2.53. The van der Waals surface area contributed by atoms with E-state index in [-0.39, 0.29) is 18.6 Å². The maximum atomic E-state index is 11.6. The quantitative estimate of drug-likeness (QED) is 0.861. The fraction of sp³-hybridized carbons (Fsp3) is 0.385. The molecular formula is C13H15ClN2O2. The Morgan fingerprint density at radius 1 is 1.61 bits per heavy atom. The van der Waals surface area contributed by atoms with Gasteiger partial charge in [0.15, 0.2) is 6.61 Å². The number of hydrogen-bond acceptors (Lipinski definition) is 3. The van der Waals surface area contributed by atoms with E-state index in [0.29, 0.717) is 17.2 Å². The summed E-state index contributed by atoms with van der Waals surface area (Å²) in [5.74, 6) is 0.308. The maximum absolute atomic E-state index is 11.6. The maximum Gasteiger partial charge on any atom is 0.258 e. The summed E-state index contributed by atoms with van der Waals surface area (Å²) in [4.78, 5) is 11.6. The van der Waals surface area contributed by atoms with Gasteiger partial charge in [-0.2, -0.15) is 5.26 Å². The second-order valence-corrected chi connectivity index (χ2v) is 4.22. The first-order valence-corrected chi connectivity index (χ1v) is 6.08. The van der Waals surface area contributed by atoms with Crippen molar-refractivity contribution in [3.63, 3.8) is 0 Å². The van der Waals surface area contributed by atoms with Crippen molar-refractivity contribution < 1.29 is 9.53 Å². The Hall–Kier alpha value is -1.73. The fourth-order valence-corrected chi connectivity index (χ4v) is 1.56. The number of rotatable bonds is 6. The largest absolute Gasteiger partial charge is 0.484 e. The Labute approximate surface area is 112 Å². The molecule has 0 saturated carbocycles. The van der Waals surface area contributed by atoms with Crippen LogP contribution in [0.15, 0.2) is 24.3 Å². The van der Waals surface area contributed by atoms with Crippen LogP contribution in [-0.2, 0) is 4.79 Å². The second-order valence-electron chi connectivity index (χ2n) is 3.78. The summed E-state index contributed by atoms with van der Waals surface area (Å²) in [6, 6.07) is 8.76. The first kappa shape index (κ1) is 14.3. The number of benzene rings is 1. The van der Waals surface area contributed by atoms with E-state index in [2.05, 4.69) is 5.32 Å². The smallest absolute Gasteiger partial charge is 0.258 e. The summed E-state index contributed by atoms with van der Waals surface area (Å²) in [5, 5.41) is 11.9. The van der Waals surface area contributed by atoms with E-state index >= 15 is 0 Å². The molecule has 0 heterocycles. The lowest BCUT2D eigenvalue weighted by Gasteiger charge is -2.13. The molecule has 18 heavy (non-hydrogen) atoms. The molecule has 96 valence electrons. The summed E-state index contributed by atoms with van der Waals surface area (Å²) in [6.07, 6.45) is 1.02. The lowest BCUT2D eigenvalue weighted by Crippen LogP contribution is -2.37. The van der Waals surface area contributed by atoms with Gasteiger partial charge in [-0.3, -0.25) is 4.79 Å². The highest BCUT2D eigenvalue weighted by Gasteiger charge is 2.10. The Kier molecular flexibility index (Phi) is 6.03. The van der Waals surface area contributed by atoms with E-state index in [1.54, 1.807) is 24.3 Å². The van der Waals surface area contributed by atoms with Crippen molar-refractivity contribution in [1.29, 1.82) is 5.26 Å². The van der Waals surface area contributed by atoms with Crippen LogP contribution in [0.1, 0.15) is 19.8 Å². The van der Waals surface area contributed by atoms with Gasteiger partial charge in [-0.1, -0.05) is 24.6 Å². The average Bonchev–Trinajstić information content (AvgIpc) is 2.36. The number of amides is 1. The normalized spacial score (nSPS) is 11.4. The molecule has 1 aromatic rings. The first-order valence-electron chi connectivity index (χ1n) is 5.70. The number of nitrogens with zero attached hydrogens (tertiary/aromatic N) is 1. The third-order valence-corrected chi connectivity index (χ3v) is 2.60. The van der Waals surface area contributed by atoms with Gasteiger partial charge in [0.05, 0.1) is 12.5 Å². The van der Waals surface area contributed by atoms with Crippen molar-refractivity contribution in [1.82, 2.24) is 5.32 Å². The number of carbonyl (C=O) groups is 1. The van der Waals surface area contributed by atoms with Crippen LogP contribution in [0, 0.1) is 11.3 Å². The Morgan fingerprint density at radius 2 is 2.39 bits per heavy atom. The van der Waals surface area contributed by atoms with Gasteiger partial charge < -0.3 is 10.1 Å². The summed E-state index contributed by atoms with van der Waals surface area (Å²) in [7, 11) is 0. The second kappa shape index (κ2) is 7.57. The standard InChI is InChI=1S/C13H15ClN2O2/c1-2-11(6-7-15)16-13(17)9-18-12-5-3-4-10(14)8-12/h3-5,8,11H,2,6,9H2,1H3,(H,16,17). The van der Waals surface area contributed by atoms with E-state index in [9.17, 15) is 4.79 Å². The van der Waals surface area contributed by atoms with Gasteiger partial charge in [0.2, 0.25) is 0 Å². The van der Waals surface area contributed by atoms with Crippen molar-refractivity contribution in [2.24, 2.45) is 0 Å². The minimum absolute atomic E-state index is 0.0811. The number of nitriles is 1. The predicted molar refractivity (Wildman–Crippen MR) is 69.4 cm³/mol. The molecule has 1 unspecified atom stereocenters. The van der Waals surface area contributed by atoms with Crippen LogP contribution in [0.4, 0.5) is 0 Å². The highest BCUT2D eigenvalue weighted by Crippen LogP contribution is 2.16. The molecule has 0 radical (unpaired) electrons. The van der Waals surface area contributed by atoms with E-state index in [1.807, 2.05) is 13.0 Å². The van der Waals surface area contributed by atoms with Crippen LogP contribution in [0.5, 0.6) is 5.75 Å². The first-order chi connectivity index (χ1) is 8.65. The highest BCUT2D eigenvalue weighted by molar-refractivity contribution is 6.30. The lowest BCUT2D eigenvalue weighted by molar-refractivity contribution is -0.123. The van der Waals surface area contributed by atoms with Crippen LogP contribution in [-0.4, -0.2) is 18.6 Å². The third-order valence-electron chi connectivity index (χ3n) is 2.36. The van der Waals surface area contributed by atoms with Crippen molar-refractivity contribution in [2.45, 2.75) is 25.8 Å². The summed E-state index contributed by atoms with van der Waals surface area (Å²) < 4.78 is 5.29. The molecule has 0 aromatic heterocycles. The molecule has 0 aliphatic rings. The van der Waals surface area contributed by atoms with Crippen molar-refractivity contribution in [3.8, 4) is 11.8 Å². The Morgan fingerprint density at radius 3 is 3.00 bits per heavy atom. The molecule has 0 bridgehead atoms. The van der Waals surface area contributed by atoms with Crippen LogP contribution in [0.3, 0.4) is 0 Å². The van der Waals surface area contributed by atoms with Gasteiger partial charge in [-0.05, 0) is 24.6 Å². The number of hydrogen-bond donors (Lipinski definition) is 1.